The van der Waals surface area contributed by atoms with Crippen LogP contribution in [-0.2, 0) is 6.54 Å². The molecule has 3 nitrogen and oxygen atoms in total. The van der Waals surface area contributed by atoms with Crippen molar-refractivity contribution in [1.82, 2.24) is 4.98 Å². The van der Waals surface area contributed by atoms with Crippen molar-refractivity contribution in [2.24, 2.45) is 0 Å². The number of hydrogen-bond donors (Lipinski definition) is 2. The molecule has 0 amide bonds. The predicted molar refractivity (Wildman–Crippen MR) is 69.7 cm³/mol. The molecule has 2 aromatic rings. The van der Waals surface area contributed by atoms with E-state index in [1.807, 2.05) is 12.1 Å². The van der Waals surface area contributed by atoms with E-state index < -0.39 is 0 Å². The van der Waals surface area contributed by atoms with E-state index in [0.717, 1.165) is 10.7 Å². The van der Waals surface area contributed by atoms with Crippen molar-refractivity contribution in [1.29, 1.82) is 0 Å². The van der Waals surface area contributed by atoms with Gasteiger partial charge in [-0.15, -0.1) is 0 Å². The van der Waals surface area contributed by atoms with Crippen LogP contribution in [0.2, 0.25) is 0 Å². The number of thiazole rings is 1. The zero-order valence-electron chi connectivity index (χ0n) is 9.75. The van der Waals surface area contributed by atoms with Crippen molar-refractivity contribution in [3.05, 3.63) is 40.8 Å². The van der Waals surface area contributed by atoms with E-state index in [-0.39, 0.29) is 5.82 Å². The molecule has 1 heterocycles. The molecule has 0 bridgehead atoms. The lowest BCUT2D eigenvalue weighted by Crippen LogP contribution is -2.01. The van der Waals surface area contributed by atoms with Gasteiger partial charge in [-0.2, -0.15) is 0 Å². The fourth-order valence-corrected chi connectivity index (χ4v) is 2.26. The Balaban J connectivity index is 2.09. The van der Waals surface area contributed by atoms with Gasteiger partial charge in [0.25, 0.3) is 0 Å². The van der Waals surface area contributed by atoms with Crippen LogP contribution in [0.4, 0.5) is 14.5 Å². The van der Waals surface area contributed by atoms with Crippen molar-refractivity contribution in [2.45, 2.75) is 20.4 Å². The largest absolute Gasteiger partial charge is 0.389 e. The molecule has 5 heteroatoms. The van der Waals surface area contributed by atoms with Gasteiger partial charge in [-0.25, -0.2) is 9.37 Å². The van der Waals surface area contributed by atoms with Crippen molar-refractivity contribution in [3.8, 4) is 0 Å². The van der Waals surface area contributed by atoms with Crippen LogP contribution in [0.15, 0.2) is 18.3 Å². The van der Waals surface area contributed by atoms with Gasteiger partial charge in [0.1, 0.15) is 10.8 Å². The zero-order chi connectivity index (χ0) is 12.4. The first-order chi connectivity index (χ1) is 8.06. The maximum absolute atomic E-state index is 13.4. The first-order valence-electron chi connectivity index (χ1n) is 5.27. The Hall–Kier alpha value is -1.62. The van der Waals surface area contributed by atoms with Gasteiger partial charge < -0.3 is 11.1 Å². The monoisotopic (exact) mass is 251 g/mol. The molecule has 0 saturated heterocycles. The highest BCUT2D eigenvalue weighted by Crippen LogP contribution is 2.21. The number of aromatic nitrogens is 1. The van der Waals surface area contributed by atoms with Gasteiger partial charge in [-0.05, 0) is 30.5 Å². The Bertz CT molecular complexity index is 513. The second-order valence-electron chi connectivity index (χ2n) is 3.96. The number of benzene rings is 1. The number of anilines is 2. The van der Waals surface area contributed by atoms with E-state index in [1.54, 1.807) is 20.0 Å². The van der Waals surface area contributed by atoms with E-state index >= 15 is 0 Å². The molecule has 0 aliphatic carbocycles. The van der Waals surface area contributed by atoms with Crippen molar-refractivity contribution < 1.29 is 4.39 Å². The highest BCUT2D eigenvalue weighted by atomic mass is 32.1. The number of halogens is 1. The van der Waals surface area contributed by atoms with E-state index in [4.69, 9.17) is 5.73 Å². The third-order valence-electron chi connectivity index (χ3n) is 2.46. The molecule has 1 aromatic carbocycles. The molecule has 3 N–H and O–H groups in total. The highest BCUT2D eigenvalue weighted by Gasteiger charge is 2.05. The topological polar surface area (TPSA) is 50.9 Å². The highest BCUT2D eigenvalue weighted by molar-refractivity contribution is 7.19. The van der Waals surface area contributed by atoms with Gasteiger partial charge in [0.05, 0.1) is 6.20 Å². The Labute approximate surface area is 103 Å². The maximum atomic E-state index is 13.4. The molecule has 2 rings (SSSR count). The van der Waals surface area contributed by atoms with Gasteiger partial charge >= 0.3 is 0 Å². The molecular weight excluding hydrogens is 237 g/mol. The molecular formula is C12H14FN3S. The number of hydrogen-bond acceptors (Lipinski definition) is 4. The average molecular weight is 251 g/mol. The second-order valence-corrected chi connectivity index (χ2v) is 5.03. The van der Waals surface area contributed by atoms with Crippen LogP contribution in [0, 0.1) is 19.7 Å². The lowest BCUT2D eigenvalue weighted by Gasteiger charge is -2.07. The first kappa shape index (κ1) is 11.9. The summed E-state index contributed by atoms with van der Waals surface area (Å²) in [7, 11) is 0. The summed E-state index contributed by atoms with van der Waals surface area (Å²) in [5.41, 5.74) is 7.95. The van der Waals surface area contributed by atoms with Crippen molar-refractivity contribution >= 4 is 21.5 Å². The summed E-state index contributed by atoms with van der Waals surface area (Å²) < 4.78 is 13.4. The first-order valence-corrected chi connectivity index (χ1v) is 6.08. The number of nitrogens with one attached hydrogen (secondary N) is 1. The van der Waals surface area contributed by atoms with Crippen LogP contribution in [0.5, 0.6) is 0 Å². The Morgan fingerprint density at radius 1 is 1.35 bits per heavy atom. The van der Waals surface area contributed by atoms with E-state index in [2.05, 4.69) is 10.3 Å². The molecule has 0 spiro atoms. The quantitative estimate of drug-likeness (QED) is 0.881. The van der Waals surface area contributed by atoms with Gasteiger partial charge in [0.15, 0.2) is 5.13 Å². The van der Waals surface area contributed by atoms with Crippen LogP contribution >= 0.6 is 11.3 Å². The SMILES string of the molecule is Cc1cc(CNc2ncc(N)s2)cc(C)c1F. The molecule has 0 unspecified atom stereocenters. The fourth-order valence-electron chi connectivity index (χ4n) is 1.68. The lowest BCUT2D eigenvalue weighted by molar-refractivity contribution is 0.608. The van der Waals surface area contributed by atoms with Gasteiger partial charge in [-0.3, -0.25) is 0 Å². The molecule has 0 fully saturated rings. The summed E-state index contributed by atoms with van der Waals surface area (Å²) in [4.78, 5) is 4.10. The Morgan fingerprint density at radius 2 is 2.00 bits per heavy atom. The average Bonchev–Trinajstić information content (AvgIpc) is 2.69. The summed E-state index contributed by atoms with van der Waals surface area (Å²) >= 11 is 1.40. The lowest BCUT2D eigenvalue weighted by atomic mass is 10.1. The molecule has 0 radical (unpaired) electrons. The number of nitrogens with zero attached hydrogens (tertiary/aromatic N) is 1. The summed E-state index contributed by atoms with van der Waals surface area (Å²) in [6.07, 6.45) is 1.62. The minimum absolute atomic E-state index is 0.132. The minimum atomic E-state index is -0.132. The van der Waals surface area contributed by atoms with Gasteiger partial charge in [0, 0.05) is 6.54 Å². The molecule has 0 atom stereocenters. The smallest absolute Gasteiger partial charge is 0.184 e. The van der Waals surface area contributed by atoms with Gasteiger partial charge in [-0.1, -0.05) is 23.5 Å². The maximum Gasteiger partial charge on any atom is 0.184 e. The van der Waals surface area contributed by atoms with Crippen molar-refractivity contribution in [2.75, 3.05) is 11.1 Å². The van der Waals surface area contributed by atoms with E-state index in [0.29, 0.717) is 22.7 Å². The number of nitrogens with two attached hydrogens (primary N) is 1. The number of aryl methyl sites for hydroxylation is 2. The predicted octanol–water partition coefficient (Wildman–Crippen LogP) is 3.09. The minimum Gasteiger partial charge on any atom is -0.389 e. The van der Waals surface area contributed by atoms with Crippen LogP contribution in [0.1, 0.15) is 16.7 Å². The van der Waals surface area contributed by atoms with Crippen LogP contribution in [-0.4, -0.2) is 4.98 Å². The molecule has 90 valence electrons. The van der Waals surface area contributed by atoms with Crippen LogP contribution in [0.25, 0.3) is 0 Å². The van der Waals surface area contributed by atoms with E-state index in [1.165, 1.54) is 11.3 Å². The number of nitrogen functional groups attached to an aromatic ring is 1. The second kappa shape index (κ2) is 4.71. The molecule has 0 saturated carbocycles. The molecule has 0 aliphatic rings. The standard InChI is InChI=1S/C12H14FN3S/c1-7-3-9(4-8(2)11(7)13)5-15-12-16-6-10(14)17-12/h3-4,6H,5,14H2,1-2H3,(H,15,16). The van der Waals surface area contributed by atoms with Crippen molar-refractivity contribution in [3.63, 3.8) is 0 Å². The summed E-state index contributed by atoms with van der Waals surface area (Å²) in [5, 5.41) is 4.62. The number of rotatable bonds is 3. The fraction of sp³-hybridized carbons (Fsp3) is 0.250. The zero-order valence-corrected chi connectivity index (χ0v) is 10.6. The third-order valence-corrected chi connectivity index (χ3v) is 3.25. The van der Waals surface area contributed by atoms with Gasteiger partial charge in [0.2, 0.25) is 0 Å². The Morgan fingerprint density at radius 3 is 2.53 bits per heavy atom. The normalized spacial score (nSPS) is 10.5. The van der Waals surface area contributed by atoms with E-state index in [9.17, 15) is 4.39 Å². The summed E-state index contributed by atoms with van der Waals surface area (Å²) in [6.45, 7) is 4.16. The summed E-state index contributed by atoms with van der Waals surface area (Å²) in [6, 6.07) is 3.68. The van der Waals surface area contributed by atoms with Crippen LogP contribution < -0.4 is 11.1 Å². The molecule has 1 aromatic heterocycles. The third kappa shape index (κ3) is 2.74. The van der Waals surface area contributed by atoms with Crippen LogP contribution in [0.3, 0.4) is 0 Å². The molecule has 0 aliphatic heterocycles. The summed E-state index contributed by atoms with van der Waals surface area (Å²) in [5.74, 6) is -0.132. The molecule has 17 heavy (non-hydrogen) atoms. The Kier molecular flexibility index (Phi) is 3.28.